The predicted octanol–water partition coefficient (Wildman–Crippen LogP) is 3.29. The molecule has 0 aliphatic carbocycles. The maximum atomic E-state index is 12.9. The van der Waals surface area contributed by atoms with Crippen LogP contribution in [0.3, 0.4) is 0 Å². The van der Waals surface area contributed by atoms with Gasteiger partial charge in [0, 0.05) is 17.0 Å². The molecule has 0 amide bonds. The molecule has 5 heteroatoms. The summed E-state index contributed by atoms with van der Waals surface area (Å²) in [7, 11) is 1.91. The SMILES string of the molecule is Cc1ncsc1CN(C)C(C)C(=O)c1ccc(F)cc1. The second kappa shape index (κ2) is 6.24. The van der Waals surface area contributed by atoms with Crippen molar-refractivity contribution < 1.29 is 9.18 Å². The topological polar surface area (TPSA) is 33.2 Å². The zero-order valence-corrected chi connectivity index (χ0v) is 12.6. The minimum atomic E-state index is -0.331. The molecule has 20 heavy (non-hydrogen) atoms. The van der Waals surface area contributed by atoms with Gasteiger partial charge < -0.3 is 0 Å². The Morgan fingerprint density at radius 3 is 2.60 bits per heavy atom. The number of Topliss-reactive ketones (excluding diaryl/α,β-unsaturated/α-hetero) is 1. The van der Waals surface area contributed by atoms with Crippen LogP contribution in [0.25, 0.3) is 0 Å². The molecule has 0 fully saturated rings. The molecule has 1 atom stereocenters. The average Bonchev–Trinajstić information content (AvgIpc) is 2.83. The number of aryl methyl sites for hydroxylation is 1. The van der Waals surface area contributed by atoms with E-state index in [1.807, 2.05) is 31.3 Å². The first-order valence-electron chi connectivity index (χ1n) is 6.38. The summed E-state index contributed by atoms with van der Waals surface area (Å²) in [6.07, 6.45) is 0. The van der Waals surface area contributed by atoms with E-state index in [4.69, 9.17) is 0 Å². The smallest absolute Gasteiger partial charge is 0.179 e. The number of rotatable bonds is 5. The lowest BCUT2D eigenvalue weighted by Crippen LogP contribution is -2.35. The maximum absolute atomic E-state index is 12.9. The summed E-state index contributed by atoms with van der Waals surface area (Å²) in [6.45, 7) is 4.51. The Labute approximate surface area is 122 Å². The third-order valence-corrected chi connectivity index (χ3v) is 4.33. The third kappa shape index (κ3) is 3.29. The number of hydrogen-bond donors (Lipinski definition) is 0. The summed E-state index contributed by atoms with van der Waals surface area (Å²) in [5, 5.41) is 0. The van der Waals surface area contributed by atoms with Gasteiger partial charge in [0.1, 0.15) is 5.82 Å². The van der Waals surface area contributed by atoms with Gasteiger partial charge in [0.2, 0.25) is 0 Å². The van der Waals surface area contributed by atoms with Crippen LogP contribution in [0.1, 0.15) is 27.9 Å². The molecule has 0 saturated heterocycles. The first-order chi connectivity index (χ1) is 9.49. The van der Waals surface area contributed by atoms with E-state index in [9.17, 15) is 9.18 Å². The molecule has 0 aliphatic rings. The van der Waals surface area contributed by atoms with Crippen molar-refractivity contribution in [1.29, 1.82) is 0 Å². The molecule has 3 nitrogen and oxygen atoms in total. The number of carbonyl (C=O) groups is 1. The van der Waals surface area contributed by atoms with Crippen LogP contribution in [0.4, 0.5) is 4.39 Å². The van der Waals surface area contributed by atoms with Crippen molar-refractivity contribution in [1.82, 2.24) is 9.88 Å². The van der Waals surface area contributed by atoms with Crippen molar-refractivity contribution in [2.45, 2.75) is 26.4 Å². The van der Waals surface area contributed by atoms with Crippen molar-refractivity contribution >= 4 is 17.1 Å². The lowest BCUT2D eigenvalue weighted by molar-refractivity contribution is 0.0863. The minimum Gasteiger partial charge on any atom is -0.292 e. The van der Waals surface area contributed by atoms with Crippen molar-refractivity contribution in [3.63, 3.8) is 0 Å². The van der Waals surface area contributed by atoms with E-state index < -0.39 is 0 Å². The molecule has 106 valence electrons. The number of aromatic nitrogens is 1. The number of likely N-dealkylation sites (N-methyl/N-ethyl adjacent to an activating group) is 1. The summed E-state index contributed by atoms with van der Waals surface area (Å²) >= 11 is 1.59. The second-order valence-electron chi connectivity index (χ2n) is 4.82. The number of halogens is 1. The van der Waals surface area contributed by atoms with Crippen LogP contribution in [0.15, 0.2) is 29.8 Å². The van der Waals surface area contributed by atoms with Gasteiger partial charge in [-0.2, -0.15) is 0 Å². The molecule has 1 aromatic carbocycles. The van der Waals surface area contributed by atoms with E-state index in [1.54, 1.807) is 11.3 Å². The van der Waals surface area contributed by atoms with Gasteiger partial charge in [0.15, 0.2) is 5.78 Å². The molecule has 0 N–H and O–H groups in total. The number of carbonyl (C=O) groups excluding carboxylic acids is 1. The summed E-state index contributed by atoms with van der Waals surface area (Å²) in [4.78, 5) is 19.7. The zero-order valence-electron chi connectivity index (χ0n) is 11.8. The molecule has 0 spiro atoms. The summed E-state index contributed by atoms with van der Waals surface area (Å²) in [5.41, 5.74) is 3.35. The maximum Gasteiger partial charge on any atom is 0.179 e. The summed E-state index contributed by atoms with van der Waals surface area (Å²) in [5.74, 6) is -0.336. The van der Waals surface area contributed by atoms with Crippen LogP contribution in [0, 0.1) is 12.7 Å². The second-order valence-corrected chi connectivity index (χ2v) is 5.76. The summed E-state index contributed by atoms with van der Waals surface area (Å²) < 4.78 is 12.9. The first kappa shape index (κ1) is 14.8. The Hall–Kier alpha value is -1.59. The van der Waals surface area contributed by atoms with Crippen LogP contribution in [-0.2, 0) is 6.54 Å². The van der Waals surface area contributed by atoms with Gasteiger partial charge in [-0.15, -0.1) is 11.3 Å². The number of thiazole rings is 1. The fraction of sp³-hybridized carbons (Fsp3) is 0.333. The number of benzene rings is 1. The van der Waals surface area contributed by atoms with Gasteiger partial charge in [0.25, 0.3) is 0 Å². The standard InChI is InChI=1S/C15H17FN2OS/c1-10-14(20-9-17-10)8-18(3)11(2)15(19)12-4-6-13(16)7-5-12/h4-7,9,11H,8H2,1-3H3. The van der Waals surface area contributed by atoms with Crippen LogP contribution in [0.5, 0.6) is 0 Å². The van der Waals surface area contributed by atoms with E-state index in [0.29, 0.717) is 12.1 Å². The van der Waals surface area contributed by atoms with Crippen LogP contribution in [0.2, 0.25) is 0 Å². The van der Waals surface area contributed by atoms with Crippen molar-refractivity contribution in [2.75, 3.05) is 7.05 Å². The fourth-order valence-electron chi connectivity index (χ4n) is 1.90. The highest BCUT2D eigenvalue weighted by Gasteiger charge is 2.20. The highest BCUT2D eigenvalue weighted by molar-refractivity contribution is 7.09. The normalized spacial score (nSPS) is 12.7. The molecule has 2 aromatic rings. The number of hydrogen-bond acceptors (Lipinski definition) is 4. The molecular formula is C15H17FN2OS. The van der Waals surface area contributed by atoms with Gasteiger partial charge in [-0.1, -0.05) is 0 Å². The molecule has 0 saturated carbocycles. The van der Waals surface area contributed by atoms with Gasteiger partial charge in [-0.25, -0.2) is 9.37 Å². The Morgan fingerprint density at radius 2 is 2.05 bits per heavy atom. The van der Waals surface area contributed by atoms with E-state index in [0.717, 1.165) is 10.6 Å². The molecule has 0 radical (unpaired) electrons. The van der Waals surface area contributed by atoms with Crippen LogP contribution < -0.4 is 0 Å². The lowest BCUT2D eigenvalue weighted by Gasteiger charge is -2.23. The molecule has 1 aromatic heterocycles. The number of nitrogens with zero attached hydrogens (tertiary/aromatic N) is 2. The van der Waals surface area contributed by atoms with Gasteiger partial charge >= 0.3 is 0 Å². The Balaban J connectivity index is 2.06. The lowest BCUT2D eigenvalue weighted by atomic mass is 10.0. The van der Waals surface area contributed by atoms with Crippen molar-refractivity contribution in [3.8, 4) is 0 Å². The van der Waals surface area contributed by atoms with E-state index in [-0.39, 0.29) is 17.6 Å². The molecular weight excluding hydrogens is 275 g/mol. The van der Waals surface area contributed by atoms with Gasteiger partial charge in [0.05, 0.1) is 17.2 Å². The van der Waals surface area contributed by atoms with Gasteiger partial charge in [-0.3, -0.25) is 9.69 Å². The van der Waals surface area contributed by atoms with E-state index in [2.05, 4.69) is 4.98 Å². The van der Waals surface area contributed by atoms with Crippen molar-refractivity contribution in [3.05, 3.63) is 51.7 Å². The van der Waals surface area contributed by atoms with E-state index in [1.165, 1.54) is 24.3 Å². The minimum absolute atomic E-state index is 0.00494. The average molecular weight is 292 g/mol. The first-order valence-corrected chi connectivity index (χ1v) is 7.26. The largest absolute Gasteiger partial charge is 0.292 e. The zero-order chi connectivity index (χ0) is 14.7. The monoisotopic (exact) mass is 292 g/mol. The number of ketones is 1. The van der Waals surface area contributed by atoms with E-state index >= 15 is 0 Å². The predicted molar refractivity (Wildman–Crippen MR) is 78.5 cm³/mol. The Kier molecular flexibility index (Phi) is 4.62. The Morgan fingerprint density at radius 1 is 1.40 bits per heavy atom. The van der Waals surface area contributed by atoms with Gasteiger partial charge in [-0.05, 0) is 45.2 Å². The molecule has 0 aliphatic heterocycles. The fourth-order valence-corrected chi connectivity index (χ4v) is 2.74. The Bertz CT molecular complexity index is 594. The molecule has 2 rings (SSSR count). The molecule has 0 bridgehead atoms. The summed E-state index contributed by atoms with van der Waals surface area (Å²) in [6, 6.07) is 5.42. The molecule has 1 heterocycles. The van der Waals surface area contributed by atoms with Crippen LogP contribution in [-0.4, -0.2) is 28.8 Å². The van der Waals surface area contributed by atoms with Crippen molar-refractivity contribution in [2.24, 2.45) is 0 Å². The molecule has 1 unspecified atom stereocenters. The highest BCUT2D eigenvalue weighted by Crippen LogP contribution is 2.17. The highest BCUT2D eigenvalue weighted by atomic mass is 32.1. The van der Waals surface area contributed by atoms with Crippen LogP contribution >= 0.6 is 11.3 Å². The third-order valence-electron chi connectivity index (χ3n) is 3.41. The quantitative estimate of drug-likeness (QED) is 0.793.